The van der Waals surface area contributed by atoms with Crippen LogP contribution in [0.1, 0.15) is 12.8 Å². The highest BCUT2D eigenvalue weighted by Crippen LogP contribution is 2.41. The van der Waals surface area contributed by atoms with E-state index in [1.807, 2.05) is 0 Å². The molecule has 1 unspecified atom stereocenters. The number of nitrogens with two attached hydrogens (primary N) is 1. The average Bonchev–Trinajstić information content (AvgIpc) is 2.77. The summed E-state index contributed by atoms with van der Waals surface area (Å²) in [5, 5.41) is 11.8. The Morgan fingerprint density at radius 2 is 2.25 bits per heavy atom. The van der Waals surface area contributed by atoms with Gasteiger partial charge in [0.05, 0.1) is 24.0 Å². The summed E-state index contributed by atoms with van der Waals surface area (Å²) < 4.78 is 12.1. The van der Waals surface area contributed by atoms with Crippen LogP contribution in [0.4, 0.5) is 0 Å². The minimum absolute atomic E-state index is 0.239. The maximum atomic E-state index is 11.7. The van der Waals surface area contributed by atoms with E-state index in [-0.39, 0.29) is 25.4 Å². The predicted molar refractivity (Wildman–Crippen MR) is 56.3 cm³/mol. The van der Waals surface area contributed by atoms with E-state index < -0.39 is 23.3 Å². The van der Waals surface area contributed by atoms with Crippen LogP contribution in [-0.2, 0) is 14.3 Å². The van der Waals surface area contributed by atoms with Gasteiger partial charge in [0.15, 0.2) is 1.41 Å². The quantitative estimate of drug-likeness (QED) is 0.555. The first kappa shape index (κ1) is 11.3. The van der Waals surface area contributed by atoms with E-state index in [0.717, 1.165) is 0 Å². The Kier molecular flexibility index (Phi) is 3.40. The highest BCUT2D eigenvalue weighted by Gasteiger charge is 2.50. The number of rotatable bonds is 4. The van der Waals surface area contributed by atoms with Crippen LogP contribution in [0.5, 0.6) is 0 Å². The molecular formula is C10H18N2O4. The second-order valence-electron chi connectivity index (χ2n) is 4.14. The molecule has 3 atom stereocenters. The van der Waals surface area contributed by atoms with Crippen LogP contribution in [0.3, 0.4) is 0 Å². The fourth-order valence-corrected chi connectivity index (χ4v) is 2.27. The van der Waals surface area contributed by atoms with Crippen LogP contribution < -0.4 is 11.0 Å². The minimum Gasteiger partial charge on any atom is -0.393 e. The highest BCUT2D eigenvalue weighted by molar-refractivity contribution is 5.87. The molecule has 0 aromatic carbocycles. The van der Waals surface area contributed by atoms with Crippen molar-refractivity contribution >= 4 is 11.8 Å². The summed E-state index contributed by atoms with van der Waals surface area (Å²) in [5.41, 5.74) is 0.929. The van der Waals surface area contributed by atoms with E-state index in [4.69, 9.17) is 6.15 Å². The monoisotopic (exact) mass is 231 g/mol. The first-order valence-electron chi connectivity index (χ1n) is 5.62. The van der Waals surface area contributed by atoms with Crippen LogP contribution in [0.2, 0.25) is 1.41 Å². The number of methoxy groups -OCH3 is 1. The lowest BCUT2D eigenvalue weighted by molar-refractivity contribution is -0.131. The van der Waals surface area contributed by atoms with E-state index in [9.17, 15) is 14.7 Å². The number of primary amides is 1. The van der Waals surface area contributed by atoms with Gasteiger partial charge >= 0.3 is 0 Å². The first-order valence-corrected chi connectivity index (χ1v) is 5.12. The van der Waals surface area contributed by atoms with Gasteiger partial charge in [0.1, 0.15) is 0 Å². The van der Waals surface area contributed by atoms with Gasteiger partial charge in [-0.05, 0) is 12.8 Å². The lowest BCUT2D eigenvalue weighted by Crippen LogP contribution is -2.35. The Labute approximate surface area is 95.6 Å². The Balaban J connectivity index is 2.93. The number of nitrogens with one attached hydrogen (secondary N) is 1. The zero-order valence-electron chi connectivity index (χ0n) is 10.4. The molecule has 0 aromatic heterocycles. The van der Waals surface area contributed by atoms with Gasteiger partial charge < -0.3 is 20.9 Å². The normalized spacial score (nSPS) is 34.3. The van der Waals surface area contributed by atoms with Crippen LogP contribution in [0.25, 0.3) is 0 Å². The average molecular weight is 231 g/mol. The van der Waals surface area contributed by atoms with Crippen molar-refractivity contribution in [3.05, 3.63) is 0 Å². The molecule has 0 spiro atoms. The predicted octanol–water partition coefficient (Wildman–Crippen LogP) is -1.38. The maximum Gasteiger partial charge on any atom is 0.223 e. The molecule has 2 amide bonds. The fraction of sp³-hybridized carbons (Fsp3) is 0.800. The Hall–Kier alpha value is -1.14. The Bertz CT molecular complexity index is 281. The smallest absolute Gasteiger partial charge is 0.223 e. The maximum absolute atomic E-state index is 11.7. The second-order valence-corrected chi connectivity index (χ2v) is 4.14. The van der Waals surface area contributed by atoms with E-state index in [1.54, 1.807) is 5.73 Å². The van der Waals surface area contributed by atoms with Crippen LogP contribution in [0, 0.1) is 11.8 Å². The topological polar surface area (TPSA) is 102 Å². The van der Waals surface area contributed by atoms with Gasteiger partial charge in [0, 0.05) is 14.2 Å². The van der Waals surface area contributed by atoms with Gasteiger partial charge in [-0.2, -0.15) is 0 Å². The lowest BCUT2D eigenvalue weighted by Gasteiger charge is -2.24. The number of ether oxygens (including phenoxy) is 1. The van der Waals surface area contributed by atoms with Crippen molar-refractivity contribution in [1.82, 2.24) is 5.32 Å². The molecule has 0 aliphatic heterocycles. The molecule has 0 bridgehead atoms. The van der Waals surface area contributed by atoms with E-state index >= 15 is 0 Å². The van der Waals surface area contributed by atoms with E-state index in [0.29, 0.717) is 0 Å². The molecule has 4 N–H and O–H groups in total. The SMILES string of the molecule is [2H]NC(=O)[C@H]1CC(CO)(OC)C[C@@H]1C(=O)NC. The third-order valence-electron chi connectivity index (χ3n) is 3.31. The summed E-state index contributed by atoms with van der Waals surface area (Å²) in [6.45, 7) is -0.251. The Morgan fingerprint density at radius 3 is 2.69 bits per heavy atom. The van der Waals surface area contributed by atoms with Gasteiger partial charge in [-0.1, -0.05) is 0 Å². The van der Waals surface area contributed by atoms with E-state index in [2.05, 4.69) is 5.32 Å². The molecule has 6 heteroatoms. The first-order chi connectivity index (χ1) is 8.03. The number of aliphatic hydroxyl groups excluding tert-OH is 1. The molecule has 1 saturated carbocycles. The summed E-state index contributed by atoms with van der Waals surface area (Å²) in [6.07, 6.45) is 0.514. The van der Waals surface area contributed by atoms with Crippen molar-refractivity contribution in [1.29, 1.82) is 0 Å². The third kappa shape index (κ3) is 2.17. The van der Waals surface area contributed by atoms with Gasteiger partial charge in [0.25, 0.3) is 0 Å². The van der Waals surface area contributed by atoms with Crippen LogP contribution >= 0.6 is 0 Å². The van der Waals surface area contributed by atoms with Crippen molar-refractivity contribution < 1.29 is 20.8 Å². The summed E-state index contributed by atoms with van der Waals surface area (Å²) in [4.78, 5) is 23.2. The number of hydrogen-bond donors (Lipinski definition) is 3. The molecule has 0 heterocycles. The third-order valence-corrected chi connectivity index (χ3v) is 3.31. The second kappa shape index (κ2) is 4.80. The lowest BCUT2D eigenvalue weighted by atomic mass is 9.95. The molecule has 1 aliphatic rings. The molecule has 1 fully saturated rings. The zero-order valence-corrected chi connectivity index (χ0v) is 9.45. The highest BCUT2D eigenvalue weighted by atomic mass is 16.5. The number of amides is 2. The molecule has 92 valence electrons. The van der Waals surface area contributed by atoms with Gasteiger partial charge in [-0.25, -0.2) is 0 Å². The zero-order chi connectivity index (χ0) is 13.1. The summed E-state index contributed by atoms with van der Waals surface area (Å²) in [5.74, 6) is -2.01. The standard InChI is InChI=1S/C10H18N2O4/c1-12-9(15)7-4-10(5-13,16-2)3-6(7)8(11)14/h6-7,13H,3-5H2,1-2H3,(H2,11,14)(H,12,15)/t6-,7-,10?/m0/s1/i/hD. The molecule has 1 aliphatic carbocycles. The van der Waals surface area contributed by atoms with Crippen molar-refractivity contribution in [3.8, 4) is 0 Å². The van der Waals surface area contributed by atoms with E-state index in [1.165, 1.54) is 14.2 Å². The minimum atomic E-state index is -0.867. The number of carbonyl (C=O) groups excluding carboxylic acids is 2. The van der Waals surface area contributed by atoms with Gasteiger partial charge in [0.2, 0.25) is 11.8 Å². The number of aliphatic hydroxyl groups is 1. The molecule has 0 radical (unpaired) electrons. The van der Waals surface area contributed by atoms with Crippen LogP contribution in [0.15, 0.2) is 0 Å². The Morgan fingerprint density at radius 1 is 1.62 bits per heavy atom. The molecule has 16 heavy (non-hydrogen) atoms. The van der Waals surface area contributed by atoms with Crippen molar-refractivity contribution in [2.24, 2.45) is 17.6 Å². The largest absolute Gasteiger partial charge is 0.393 e. The number of hydrogen-bond acceptors (Lipinski definition) is 4. The van der Waals surface area contributed by atoms with Crippen molar-refractivity contribution in [3.63, 3.8) is 0 Å². The molecular weight excluding hydrogens is 212 g/mol. The molecule has 0 aromatic rings. The van der Waals surface area contributed by atoms with Crippen molar-refractivity contribution in [2.75, 3.05) is 20.8 Å². The van der Waals surface area contributed by atoms with Crippen molar-refractivity contribution in [2.45, 2.75) is 18.4 Å². The van der Waals surface area contributed by atoms with Gasteiger partial charge in [-0.15, -0.1) is 0 Å². The summed E-state index contributed by atoms with van der Waals surface area (Å²) >= 11 is 0. The molecule has 1 rings (SSSR count). The van der Waals surface area contributed by atoms with Crippen LogP contribution in [-0.4, -0.2) is 43.3 Å². The van der Waals surface area contributed by atoms with Gasteiger partial charge in [-0.3, -0.25) is 9.59 Å². The molecule has 6 nitrogen and oxygen atoms in total. The number of carbonyl (C=O) groups is 2. The fourth-order valence-electron chi connectivity index (χ4n) is 2.27. The summed E-state index contributed by atoms with van der Waals surface area (Å²) in [7, 11) is 2.93. The molecule has 0 saturated heterocycles. The summed E-state index contributed by atoms with van der Waals surface area (Å²) in [6, 6.07) is 0.